The quantitative estimate of drug-likeness (QED) is 0.683. The van der Waals surface area contributed by atoms with Crippen molar-refractivity contribution in [2.24, 2.45) is 5.92 Å². The van der Waals surface area contributed by atoms with Crippen molar-refractivity contribution in [3.63, 3.8) is 0 Å². The van der Waals surface area contributed by atoms with E-state index in [1.807, 2.05) is 11.5 Å². The SMILES string of the molecule is O=C(/C=C\Sc1cc2ncccc2s1)NC1CN2CCC1CC2. The Morgan fingerprint density at radius 2 is 2.30 bits per heavy atom. The second-order valence-corrected chi connectivity index (χ2v) is 8.42. The summed E-state index contributed by atoms with van der Waals surface area (Å²) in [4.78, 5) is 18.9. The summed E-state index contributed by atoms with van der Waals surface area (Å²) >= 11 is 3.28. The number of carbonyl (C=O) groups is 1. The number of aromatic nitrogens is 1. The molecule has 3 fully saturated rings. The van der Waals surface area contributed by atoms with Crippen molar-refractivity contribution in [3.05, 3.63) is 35.9 Å². The number of thioether (sulfide) groups is 1. The summed E-state index contributed by atoms with van der Waals surface area (Å²) in [7, 11) is 0. The van der Waals surface area contributed by atoms with Gasteiger partial charge in [0, 0.05) is 24.9 Å². The highest BCUT2D eigenvalue weighted by molar-refractivity contribution is 8.04. The highest BCUT2D eigenvalue weighted by atomic mass is 32.2. The second kappa shape index (κ2) is 6.63. The van der Waals surface area contributed by atoms with Crippen LogP contribution in [-0.4, -0.2) is 41.5 Å². The van der Waals surface area contributed by atoms with Gasteiger partial charge in [0.15, 0.2) is 0 Å². The molecule has 2 aromatic rings. The summed E-state index contributed by atoms with van der Waals surface area (Å²) in [6.07, 6.45) is 5.90. The zero-order valence-electron chi connectivity index (χ0n) is 12.8. The molecule has 1 unspecified atom stereocenters. The highest BCUT2D eigenvalue weighted by Gasteiger charge is 2.34. The van der Waals surface area contributed by atoms with E-state index in [0.29, 0.717) is 12.0 Å². The van der Waals surface area contributed by atoms with Gasteiger partial charge in [-0.1, -0.05) is 11.8 Å². The average molecular weight is 345 g/mol. The van der Waals surface area contributed by atoms with E-state index in [1.165, 1.54) is 30.6 Å². The van der Waals surface area contributed by atoms with Crippen LogP contribution in [0.2, 0.25) is 0 Å². The number of amides is 1. The van der Waals surface area contributed by atoms with Crippen molar-refractivity contribution in [2.45, 2.75) is 23.1 Å². The van der Waals surface area contributed by atoms with Gasteiger partial charge in [0.1, 0.15) is 0 Å². The minimum atomic E-state index is 0.0236. The zero-order valence-corrected chi connectivity index (χ0v) is 14.4. The monoisotopic (exact) mass is 345 g/mol. The van der Waals surface area contributed by atoms with E-state index in [4.69, 9.17) is 0 Å². The minimum Gasteiger partial charge on any atom is -0.348 e. The summed E-state index contributed by atoms with van der Waals surface area (Å²) in [5.41, 5.74) is 1.02. The Bertz CT molecular complexity index is 701. The Kier molecular flexibility index (Phi) is 4.37. The molecule has 120 valence electrons. The molecule has 2 aromatic heterocycles. The first kappa shape index (κ1) is 15.2. The molecule has 0 saturated carbocycles. The van der Waals surface area contributed by atoms with Crippen molar-refractivity contribution >= 4 is 39.2 Å². The van der Waals surface area contributed by atoms with Crippen LogP contribution in [0.3, 0.4) is 0 Å². The molecule has 0 radical (unpaired) electrons. The third kappa shape index (κ3) is 3.44. The molecule has 2 bridgehead atoms. The van der Waals surface area contributed by atoms with Crippen molar-refractivity contribution in [1.29, 1.82) is 0 Å². The fourth-order valence-electron chi connectivity index (χ4n) is 3.43. The molecule has 3 aliphatic heterocycles. The maximum Gasteiger partial charge on any atom is 0.244 e. The van der Waals surface area contributed by atoms with E-state index >= 15 is 0 Å². The molecule has 3 saturated heterocycles. The summed E-state index contributed by atoms with van der Waals surface area (Å²) in [5.74, 6) is 0.689. The van der Waals surface area contributed by atoms with Crippen molar-refractivity contribution in [2.75, 3.05) is 19.6 Å². The summed E-state index contributed by atoms with van der Waals surface area (Å²) < 4.78 is 2.34. The molecule has 5 heterocycles. The van der Waals surface area contributed by atoms with Gasteiger partial charge in [-0.2, -0.15) is 0 Å². The Morgan fingerprint density at radius 3 is 3.04 bits per heavy atom. The zero-order chi connectivity index (χ0) is 15.6. The van der Waals surface area contributed by atoms with E-state index in [1.54, 1.807) is 35.4 Å². The first-order valence-electron chi connectivity index (χ1n) is 7.98. The van der Waals surface area contributed by atoms with Gasteiger partial charge < -0.3 is 10.2 Å². The average Bonchev–Trinajstić information content (AvgIpc) is 2.98. The van der Waals surface area contributed by atoms with Gasteiger partial charge in [-0.3, -0.25) is 9.78 Å². The molecule has 4 nitrogen and oxygen atoms in total. The number of rotatable bonds is 4. The van der Waals surface area contributed by atoms with Gasteiger partial charge in [0.05, 0.1) is 14.4 Å². The Balaban J connectivity index is 1.32. The number of hydrogen-bond donors (Lipinski definition) is 1. The number of hydrogen-bond acceptors (Lipinski definition) is 5. The van der Waals surface area contributed by atoms with Crippen LogP contribution < -0.4 is 5.32 Å². The highest BCUT2D eigenvalue weighted by Crippen LogP contribution is 2.32. The van der Waals surface area contributed by atoms with E-state index < -0.39 is 0 Å². The molecular formula is C17H19N3OS2. The first-order valence-corrected chi connectivity index (χ1v) is 9.68. The number of fused-ring (bicyclic) bond motifs is 4. The lowest BCUT2D eigenvalue weighted by Gasteiger charge is -2.44. The Labute approximate surface area is 144 Å². The van der Waals surface area contributed by atoms with E-state index in [-0.39, 0.29) is 5.91 Å². The number of carbonyl (C=O) groups excluding carboxylic acids is 1. The summed E-state index contributed by atoms with van der Waals surface area (Å²) in [6, 6.07) is 6.42. The number of nitrogens with zero attached hydrogens (tertiary/aromatic N) is 2. The van der Waals surface area contributed by atoms with Crippen molar-refractivity contribution < 1.29 is 4.79 Å². The van der Waals surface area contributed by atoms with Crippen molar-refractivity contribution in [3.8, 4) is 0 Å². The maximum absolute atomic E-state index is 12.1. The first-order chi connectivity index (χ1) is 11.3. The molecule has 1 N–H and O–H groups in total. The molecule has 6 heteroatoms. The molecule has 5 rings (SSSR count). The van der Waals surface area contributed by atoms with E-state index in [9.17, 15) is 4.79 Å². The van der Waals surface area contributed by atoms with Crippen LogP contribution in [0.4, 0.5) is 0 Å². The predicted octanol–water partition coefficient (Wildman–Crippen LogP) is 3.11. The van der Waals surface area contributed by atoms with Gasteiger partial charge >= 0.3 is 0 Å². The van der Waals surface area contributed by atoms with Crippen LogP contribution in [0.15, 0.2) is 40.1 Å². The fourth-order valence-corrected chi connectivity index (χ4v) is 5.31. The summed E-state index contributed by atoms with van der Waals surface area (Å²) in [5, 5.41) is 5.05. The van der Waals surface area contributed by atoms with E-state index in [2.05, 4.69) is 27.3 Å². The molecule has 3 aliphatic rings. The minimum absolute atomic E-state index is 0.0236. The lowest BCUT2D eigenvalue weighted by Crippen LogP contribution is -2.57. The largest absolute Gasteiger partial charge is 0.348 e. The molecule has 0 aromatic carbocycles. The molecule has 1 amide bonds. The standard InChI is InChI=1S/C17H19N3OS2/c21-16(19-14-11-20-7-3-12(14)4-8-20)5-9-22-17-10-13-15(23-17)2-1-6-18-13/h1-2,5-6,9-10,12,14H,3-4,7-8,11H2,(H,19,21)/b9-5-. The normalized spacial score (nSPS) is 26.9. The molecule has 0 aliphatic carbocycles. The lowest BCUT2D eigenvalue weighted by molar-refractivity contribution is -0.118. The van der Waals surface area contributed by atoms with Crippen LogP contribution in [0, 0.1) is 5.92 Å². The van der Waals surface area contributed by atoms with Gasteiger partial charge in [-0.05, 0) is 55.5 Å². The summed E-state index contributed by atoms with van der Waals surface area (Å²) in [6.45, 7) is 3.41. The van der Waals surface area contributed by atoms with Crippen LogP contribution in [0.1, 0.15) is 12.8 Å². The number of piperidine rings is 3. The van der Waals surface area contributed by atoms with Gasteiger partial charge in [0.2, 0.25) is 5.91 Å². The molecular weight excluding hydrogens is 326 g/mol. The molecule has 23 heavy (non-hydrogen) atoms. The lowest BCUT2D eigenvalue weighted by atomic mass is 9.84. The number of thiophene rings is 1. The van der Waals surface area contributed by atoms with Crippen LogP contribution in [-0.2, 0) is 4.79 Å². The van der Waals surface area contributed by atoms with E-state index in [0.717, 1.165) is 16.3 Å². The van der Waals surface area contributed by atoms with Gasteiger partial charge in [0.25, 0.3) is 0 Å². The van der Waals surface area contributed by atoms with Crippen LogP contribution >= 0.6 is 23.1 Å². The van der Waals surface area contributed by atoms with Gasteiger partial charge in [-0.25, -0.2) is 0 Å². The maximum atomic E-state index is 12.1. The smallest absolute Gasteiger partial charge is 0.244 e. The third-order valence-electron chi connectivity index (χ3n) is 4.65. The predicted molar refractivity (Wildman–Crippen MR) is 95.7 cm³/mol. The van der Waals surface area contributed by atoms with Crippen LogP contribution in [0.5, 0.6) is 0 Å². The molecule has 0 spiro atoms. The van der Waals surface area contributed by atoms with Gasteiger partial charge in [-0.15, -0.1) is 11.3 Å². The fraction of sp³-hybridized carbons (Fsp3) is 0.412. The van der Waals surface area contributed by atoms with Crippen molar-refractivity contribution in [1.82, 2.24) is 15.2 Å². The molecule has 1 atom stereocenters. The third-order valence-corrected chi connectivity index (χ3v) is 6.70. The van der Waals surface area contributed by atoms with Crippen LogP contribution in [0.25, 0.3) is 10.2 Å². The number of nitrogens with one attached hydrogen (secondary N) is 1. The second-order valence-electron chi connectivity index (χ2n) is 6.13. The Hall–Kier alpha value is -1.37. The Morgan fingerprint density at radius 1 is 1.43 bits per heavy atom. The topological polar surface area (TPSA) is 45.2 Å². The number of pyridine rings is 1.